The molecule has 3 aliphatic heterocycles. The van der Waals surface area contributed by atoms with Gasteiger partial charge in [-0.25, -0.2) is 0 Å². The second-order valence-electron chi connectivity index (χ2n) is 11.1. The van der Waals surface area contributed by atoms with Gasteiger partial charge in [0, 0.05) is 56.1 Å². The SMILES string of the molecule is C[C@H]1CN(CC(N)=O)Cc2cc(C(=O)Nc3ccc(CN4C5CCC4CN(C)C5)c(C(F)(F)F)c3)ccc21. The molecule has 2 fully saturated rings. The minimum Gasteiger partial charge on any atom is -0.369 e. The van der Waals surface area contributed by atoms with Crippen LogP contribution in [-0.4, -0.2) is 71.8 Å². The Kier molecular flexibility index (Phi) is 7.23. The molecule has 10 heteroatoms. The molecule has 2 saturated heterocycles. The highest BCUT2D eigenvalue weighted by molar-refractivity contribution is 6.04. The van der Waals surface area contributed by atoms with Gasteiger partial charge in [-0.05, 0) is 66.8 Å². The van der Waals surface area contributed by atoms with Crippen molar-refractivity contribution in [3.63, 3.8) is 0 Å². The van der Waals surface area contributed by atoms with E-state index in [9.17, 15) is 22.8 Å². The normalized spacial score (nSPS) is 24.3. The van der Waals surface area contributed by atoms with Crippen molar-refractivity contribution in [2.24, 2.45) is 5.73 Å². The van der Waals surface area contributed by atoms with Crippen molar-refractivity contribution in [3.05, 3.63) is 64.2 Å². The lowest BCUT2D eigenvalue weighted by Crippen LogP contribution is -2.51. The summed E-state index contributed by atoms with van der Waals surface area (Å²) in [6.45, 7) is 5.31. The number of halogens is 3. The predicted molar refractivity (Wildman–Crippen MR) is 139 cm³/mol. The van der Waals surface area contributed by atoms with Crippen LogP contribution in [0, 0.1) is 0 Å². The standard InChI is InChI=1S/C28H34F3N5O2/c1-17-11-35(16-26(32)37)12-20-9-18(4-8-24(17)20)27(38)33-21-5-3-19(25(10-21)28(29,30)31)13-36-22-6-7-23(36)15-34(2)14-22/h3-5,8-10,17,22-23H,6-7,11-16H2,1-2H3,(H2,32,37)(H,33,38)/t17-,22?,23?/m0/s1. The summed E-state index contributed by atoms with van der Waals surface area (Å²) >= 11 is 0. The number of hydrogen-bond donors (Lipinski definition) is 2. The van der Waals surface area contributed by atoms with Crippen LogP contribution in [0.2, 0.25) is 0 Å². The topological polar surface area (TPSA) is 81.9 Å². The predicted octanol–water partition coefficient (Wildman–Crippen LogP) is 3.64. The van der Waals surface area contributed by atoms with E-state index in [4.69, 9.17) is 5.73 Å². The molecule has 0 saturated carbocycles. The van der Waals surface area contributed by atoms with Crippen LogP contribution in [0.4, 0.5) is 18.9 Å². The zero-order chi connectivity index (χ0) is 27.2. The molecule has 3 heterocycles. The fraction of sp³-hybridized carbons (Fsp3) is 0.500. The maximum absolute atomic E-state index is 14.1. The number of likely N-dealkylation sites (N-methyl/N-ethyl adjacent to an activating group) is 1. The summed E-state index contributed by atoms with van der Waals surface area (Å²) in [6, 6.07) is 9.94. The molecule has 0 aromatic heterocycles. The van der Waals surface area contributed by atoms with Gasteiger partial charge >= 0.3 is 6.18 Å². The Bertz CT molecular complexity index is 1220. The van der Waals surface area contributed by atoms with E-state index in [-0.39, 0.29) is 42.3 Å². The first-order valence-corrected chi connectivity index (χ1v) is 13.1. The highest BCUT2D eigenvalue weighted by Gasteiger charge is 2.40. The average molecular weight is 530 g/mol. The van der Waals surface area contributed by atoms with E-state index in [0.29, 0.717) is 18.7 Å². The van der Waals surface area contributed by atoms with Crippen LogP contribution in [0.5, 0.6) is 0 Å². The minimum absolute atomic E-state index is 0.105. The van der Waals surface area contributed by atoms with E-state index in [1.54, 1.807) is 18.2 Å². The van der Waals surface area contributed by atoms with Gasteiger partial charge in [-0.3, -0.25) is 19.4 Å². The fourth-order valence-electron chi connectivity index (χ4n) is 6.41. The molecule has 7 nitrogen and oxygen atoms in total. The molecule has 5 rings (SSSR count). The van der Waals surface area contributed by atoms with Gasteiger partial charge in [0.15, 0.2) is 0 Å². The van der Waals surface area contributed by atoms with Crippen LogP contribution in [0.1, 0.15) is 58.3 Å². The molecule has 2 unspecified atom stereocenters. The molecule has 2 amide bonds. The van der Waals surface area contributed by atoms with Crippen LogP contribution in [-0.2, 0) is 24.1 Å². The second kappa shape index (κ2) is 10.3. The van der Waals surface area contributed by atoms with Crippen molar-refractivity contribution in [1.82, 2.24) is 14.7 Å². The van der Waals surface area contributed by atoms with Gasteiger partial charge in [-0.1, -0.05) is 19.1 Å². The zero-order valence-electron chi connectivity index (χ0n) is 21.7. The first-order chi connectivity index (χ1) is 18.0. The number of carbonyl (C=O) groups is 2. The number of nitrogens with one attached hydrogen (secondary N) is 1. The van der Waals surface area contributed by atoms with E-state index in [1.165, 1.54) is 6.07 Å². The zero-order valence-corrected chi connectivity index (χ0v) is 21.7. The first kappa shape index (κ1) is 26.6. The van der Waals surface area contributed by atoms with E-state index in [2.05, 4.69) is 22.2 Å². The molecule has 3 N–H and O–H groups in total. The quantitative estimate of drug-likeness (QED) is 0.597. The molecule has 2 bridgehead atoms. The molecule has 0 radical (unpaired) electrons. The first-order valence-electron chi connectivity index (χ1n) is 13.1. The highest BCUT2D eigenvalue weighted by atomic mass is 19.4. The maximum Gasteiger partial charge on any atom is 0.416 e. The van der Waals surface area contributed by atoms with Gasteiger partial charge in [-0.15, -0.1) is 0 Å². The number of piperazine rings is 1. The van der Waals surface area contributed by atoms with Gasteiger partial charge in [-0.2, -0.15) is 13.2 Å². The molecular formula is C28H34F3N5O2. The van der Waals surface area contributed by atoms with Gasteiger partial charge in [0.1, 0.15) is 0 Å². The summed E-state index contributed by atoms with van der Waals surface area (Å²) in [5.74, 6) is -0.739. The maximum atomic E-state index is 14.1. The third-order valence-electron chi connectivity index (χ3n) is 8.08. The molecule has 204 valence electrons. The van der Waals surface area contributed by atoms with Crippen molar-refractivity contribution < 1.29 is 22.8 Å². The van der Waals surface area contributed by atoms with Gasteiger partial charge in [0.2, 0.25) is 5.91 Å². The Morgan fingerprint density at radius 2 is 1.76 bits per heavy atom. The average Bonchev–Trinajstić information content (AvgIpc) is 3.06. The van der Waals surface area contributed by atoms with Crippen molar-refractivity contribution >= 4 is 17.5 Å². The summed E-state index contributed by atoms with van der Waals surface area (Å²) in [5, 5.41) is 2.65. The number of alkyl halides is 3. The summed E-state index contributed by atoms with van der Waals surface area (Å²) < 4.78 is 42.3. The van der Waals surface area contributed by atoms with Crippen LogP contribution >= 0.6 is 0 Å². The third-order valence-corrected chi connectivity index (χ3v) is 8.08. The number of benzene rings is 2. The number of fused-ring (bicyclic) bond motifs is 3. The summed E-state index contributed by atoms with van der Waals surface area (Å²) in [6.07, 6.45) is -2.53. The Labute approximate surface area is 220 Å². The lowest BCUT2D eigenvalue weighted by atomic mass is 9.89. The van der Waals surface area contributed by atoms with Crippen molar-refractivity contribution in [2.75, 3.05) is 38.5 Å². The van der Waals surface area contributed by atoms with Gasteiger partial charge in [0.25, 0.3) is 5.91 Å². The van der Waals surface area contributed by atoms with Crippen LogP contribution in [0.25, 0.3) is 0 Å². The summed E-state index contributed by atoms with van der Waals surface area (Å²) in [7, 11) is 2.06. The Morgan fingerprint density at radius 1 is 1.05 bits per heavy atom. The fourth-order valence-corrected chi connectivity index (χ4v) is 6.41. The number of amides is 2. The van der Waals surface area contributed by atoms with Crippen molar-refractivity contribution in [3.8, 4) is 0 Å². The van der Waals surface area contributed by atoms with E-state index < -0.39 is 23.6 Å². The summed E-state index contributed by atoms with van der Waals surface area (Å²) in [4.78, 5) is 30.8. The summed E-state index contributed by atoms with van der Waals surface area (Å²) in [5.41, 5.74) is 7.32. The van der Waals surface area contributed by atoms with E-state index in [0.717, 1.165) is 43.1 Å². The molecule has 3 atom stereocenters. The van der Waals surface area contributed by atoms with Gasteiger partial charge in [0.05, 0.1) is 12.1 Å². The number of nitrogens with two attached hydrogens (primary N) is 1. The van der Waals surface area contributed by atoms with Crippen LogP contribution in [0.15, 0.2) is 36.4 Å². The number of anilines is 1. The Morgan fingerprint density at radius 3 is 2.42 bits per heavy atom. The van der Waals surface area contributed by atoms with E-state index in [1.807, 2.05) is 17.9 Å². The lowest BCUT2D eigenvalue weighted by Gasteiger charge is -2.39. The smallest absolute Gasteiger partial charge is 0.369 e. The number of rotatable bonds is 6. The van der Waals surface area contributed by atoms with Crippen molar-refractivity contribution in [2.45, 2.75) is 57.0 Å². The van der Waals surface area contributed by atoms with Gasteiger partial charge < -0.3 is 16.0 Å². The number of carbonyl (C=O) groups excluding carboxylic acids is 2. The van der Waals surface area contributed by atoms with Crippen LogP contribution < -0.4 is 11.1 Å². The Hall–Kier alpha value is -2.95. The number of nitrogens with zero attached hydrogens (tertiary/aromatic N) is 3. The van der Waals surface area contributed by atoms with Crippen molar-refractivity contribution in [1.29, 1.82) is 0 Å². The highest BCUT2D eigenvalue weighted by Crippen LogP contribution is 2.37. The molecule has 2 aromatic carbocycles. The molecule has 38 heavy (non-hydrogen) atoms. The molecule has 0 aliphatic carbocycles. The minimum atomic E-state index is -4.53. The van der Waals surface area contributed by atoms with E-state index >= 15 is 0 Å². The lowest BCUT2D eigenvalue weighted by molar-refractivity contribution is -0.138. The second-order valence-corrected chi connectivity index (χ2v) is 11.1. The van der Waals surface area contributed by atoms with Crippen LogP contribution in [0.3, 0.4) is 0 Å². The third kappa shape index (κ3) is 5.57. The number of hydrogen-bond acceptors (Lipinski definition) is 5. The molecule has 2 aromatic rings. The number of primary amides is 1. The Balaban J connectivity index is 1.34. The molecule has 0 spiro atoms. The molecular weight excluding hydrogens is 495 g/mol. The number of likely N-dealkylation sites (tertiary alicyclic amines) is 1. The monoisotopic (exact) mass is 529 g/mol. The molecule has 3 aliphatic rings. The largest absolute Gasteiger partial charge is 0.416 e.